The highest BCUT2D eigenvalue weighted by molar-refractivity contribution is 8.31. The molecule has 0 radical (unpaired) electrons. The standard InChI is InChI=1S/C9H13NO2S.Cl2O2S/c1-13(11,12)10-8-7-9-5-3-2-4-6-9;1-5(2,3)4/h2-6,10H,7-8H2,1H3;. The normalized spacial score (nSPS) is 11.5. The predicted molar refractivity (Wildman–Crippen MR) is 73.6 cm³/mol. The van der Waals surface area contributed by atoms with Crippen LogP contribution in [0.3, 0.4) is 0 Å². The number of hydrogen-bond acceptors (Lipinski definition) is 4. The van der Waals surface area contributed by atoms with Gasteiger partial charge in [-0.05, 0) is 12.0 Å². The molecule has 0 heterocycles. The molecule has 1 N–H and O–H groups in total. The van der Waals surface area contributed by atoms with Crippen molar-refractivity contribution in [2.24, 2.45) is 0 Å². The van der Waals surface area contributed by atoms with Crippen LogP contribution in [0.5, 0.6) is 0 Å². The third kappa shape index (κ3) is 15.7. The second-order valence-corrected chi connectivity index (χ2v) is 8.78. The Balaban J connectivity index is 0.000000494. The van der Waals surface area contributed by atoms with Crippen LogP contribution < -0.4 is 4.72 Å². The molecule has 104 valence electrons. The maximum Gasteiger partial charge on any atom is 0.317 e. The van der Waals surface area contributed by atoms with Gasteiger partial charge in [-0.15, -0.1) is 0 Å². The molecular formula is C9H13Cl2NO4S2. The fourth-order valence-electron chi connectivity index (χ4n) is 1.03. The van der Waals surface area contributed by atoms with Crippen molar-refractivity contribution in [1.29, 1.82) is 0 Å². The maximum absolute atomic E-state index is 10.7. The first-order chi connectivity index (χ1) is 8.08. The van der Waals surface area contributed by atoms with Crippen LogP contribution in [-0.2, 0) is 24.7 Å². The Labute approximate surface area is 116 Å². The Bertz CT molecular complexity index is 535. The monoisotopic (exact) mass is 333 g/mol. The fraction of sp³-hybridized carbons (Fsp3) is 0.333. The van der Waals surface area contributed by atoms with Crippen LogP contribution in [0.25, 0.3) is 0 Å². The van der Waals surface area contributed by atoms with Crippen LogP contribution in [-0.4, -0.2) is 29.6 Å². The van der Waals surface area contributed by atoms with E-state index >= 15 is 0 Å². The number of sulfonamides is 1. The third-order valence-corrected chi connectivity index (χ3v) is 2.35. The van der Waals surface area contributed by atoms with Crippen LogP contribution in [0.1, 0.15) is 5.56 Å². The molecule has 0 atom stereocenters. The lowest BCUT2D eigenvalue weighted by atomic mass is 10.2. The van der Waals surface area contributed by atoms with E-state index in [-0.39, 0.29) is 0 Å². The van der Waals surface area contributed by atoms with E-state index in [1.165, 1.54) is 0 Å². The highest BCUT2D eigenvalue weighted by atomic mass is 36.0. The SMILES string of the molecule is CS(=O)(=O)NCCc1ccccc1.O=S(=O)(Cl)Cl. The summed E-state index contributed by atoms with van der Waals surface area (Å²) in [5, 5.41) is 0. The summed E-state index contributed by atoms with van der Waals surface area (Å²) in [7, 11) is 1.77. The number of hydrogen-bond donors (Lipinski definition) is 1. The van der Waals surface area contributed by atoms with Gasteiger partial charge in [0.15, 0.2) is 0 Å². The molecule has 1 rings (SSSR count). The molecule has 0 spiro atoms. The molecule has 0 aliphatic rings. The molecule has 0 unspecified atom stereocenters. The molecule has 1 aromatic carbocycles. The molecule has 9 heteroatoms. The van der Waals surface area contributed by atoms with Gasteiger partial charge in [-0.1, -0.05) is 30.3 Å². The van der Waals surface area contributed by atoms with E-state index in [1.807, 2.05) is 30.3 Å². The summed E-state index contributed by atoms with van der Waals surface area (Å²) < 4.78 is 42.2. The second-order valence-electron chi connectivity index (χ2n) is 3.28. The predicted octanol–water partition coefficient (Wildman–Crippen LogP) is 1.49. The van der Waals surface area contributed by atoms with Crippen molar-refractivity contribution in [1.82, 2.24) is 4.72 Å². The second kappa shape index (κ2) is 7.96. The molecule has 0 aliphatic carbocycles. The minimum absolute atomic E-state index is 0.461. The van der Waals surface area contributed by atoms with Crippen molar-refractivity contribution in [3.63, 3.8) is 0 Å². The largest absolute Gasteiger partial charge is 0.317 e. The van der Waals surface area contributed by atoms with Crippen molar-refractivity contribution in [2.75, 3.05) is 12.8 Å². The number of benzene rings is 1. The van der Waals surface area contributed by atoms with Crippen molar-refractivity contribution in [2.45, 2.75) is 6.42 Å². The van der Waals surface area contributed by atoms with Gasteiger partial charge in [0.05, 0.1) is 6.26 Å². The Morgan fingerprint density at radius 1 is 1.06 bits per heavy atom. The summed E-state index contributed by atoms with van der Waals surface area (Å²) >= 11 is 0. The topological polar surface area (TPSA) is 80.3 Å². The van der Waals surface area contributed by atoms with E-state index in [9.17, 15) is 8.42 Å². The lowest BCUT2D eigenvalue weighted by Gasteiger charge is -2.01. The zero-order chi connectivity index (χ0) is 14.2. The molecule has 0 saturated carbocycles. The molecular weight excluding hydrogens is 321 g/mol. The third-order valence-electron chi connectivity index (χ3n) is 1.62. The van der Waals surface area contributed by atoms with Crippen LogP contribution in [0.4, 0.5) is 0 Å². The first-order valence-electron chi connectivity index (χ1n) is 4.71. The Morgan fingerprint density at radius 3 is 1.89 bits per heavy atom. The average Bonchev–Trinajstić information content (AvgIpc) is 2.14. The van der Waals surface area contributed by atoms with E-state index in [4.69, 9.17) is 8.42 Å². The van der Waals surface area contributed by atoms with Crippen LogP contribution in [0.15, 0.2) is 30.3 Å². The van der Waals surface area contributed by atoms with Gasteiger partial charge >= 0.3 is 8.26 Å². The molecule has 0 amide bonds. The Morgan fingerprint density at radius 2 is 1.50 bits per heavy atom. The fourth-order valence-corrected chi connectivity index (χ4v) is 1.50. The number of rotatable bonds is 4. The highest BCUT2D eigenvalue weighted by Crippen LogP contribution is 1.99. The average molecular weight is 334 g/mol. The van der Waals surface area contributed by atoms with Gasteiger partial charge in [-0.3, -0.25) is 0 Å². The first-order valence-corrected chi connectivity index (χ1v) is 9.73. The summed E-state index contributed by atoms with van der Waals surface area (Å²) in [6.45, 7) is 0.461. The van der Waals surface area contributed by atoms with Crippen molar-refractivity contribution >= 4 is 39.7 Å². The zero-order valence-electron chi connectivity index (χ0n) is 9.51. The van der Waals surface area contributed by atoms with Crippen LogP contribution in [0, 0.1) is 0 Å². The van der Waals surface area contributed by atoms with Gasteiger partial charge in [0.25, 0.3) is 0 Å². The Hall–Kier alpha value is -0.340. The number of nitrogens with one attached hydrogen (secondary N) is 1. The van der Waals surface area contributed by atoms with E-state index in [2.05, 4.69) is 26.1 Å². The van der Waals surface area contributed by atoms with Crippen LogP contribution in [0.2, 0.25) is 0 Å². The molecule has 0 aromatic heterocycles. The van der Waals surface area contributed by atoms with Gasteiger partial charge in [0, 0.05) is 27.9 Å². The summed E-state index contributed by atoms with van der Waals surface area (Å²) in [5.41, 5.74) is 1.14. The first kappa shape index (κ1) is 17.7. The highest BCUT2D eigenvalue weighted by Gasteiger charge is 1.98. The molecule has 1 aromatic rings. The van der Waals surface area contributed by atoms with Gasteiger partial charge in [-0.25, -0.2) is 13.1 Å². The molecule has 0 aliphatic heterocycles. The van der Waals surface area contributed by atoms with Gasteiger partial charge in [-0.2, -0.15) is 8.42 Å². The summed E-state index contributed by atoms with van der Waals surface area (Å²) in [6, 6.07) is 9.77. The minimum atomic E-state index is -3.72. The molecule has 0 bridgehead atoms. The maximum atomic E-state index is 10.7. The lowest BCUT2D eigenvalue weighted by molar-refractivity contribution is 0.588. The molecule has 5 nitrogen and oxygen atoms in total. The van der Waals surface area contributed by atoms with Gasteiger partial charge in [0.2, 0.25) is 10.0 Å². The lowest BCUT2D eigenvalue weighted by Crippen LogP contribution is -2.24. The summed E-state index contributed by atoms with van der Waals surface area (Å²) in [4.78, 5) is 0. The van der Waals surface area contributed by atoms with E-state index in [0.717, 1.165) is 18.2 Å². The smallest absolute Gasteiger partial charge is 0.215 e. The van der Waals surface area contributed by atoms with Crippen molar-refractivity contribution in [3.05, 3.63) is 35.9 Å². The van der Waals surface area contributed by atoms with E-state index < -0.39 is 18.3 Å². The van der Waals surface area contributed by atoms with Gasteiger partial charge in [0.1, 0.15) is 0 Å². The van der Waals surface area contributed by atoms with Crippen molar-refractivity contribution < 1.29 is 16.8 Å². The minimum Gasteiger partial charge on any atom is -0.215 e. The summed E-state index contributed by atoms with van der Waals surface area (Å²) in [6.07, 6.45) is 1.89. The molecule has 0 fully saturated rings. The van der Waals surface area contributed by atoms with E-state index in [0.29, 0.717) is 6.54 Å². The van der Waals surface area contributed by atoms with E-state index in [1.54, 1.807) is 0 Å². The van der Waals surface area contributed by atoms with Crippen LogP contribution >= 0.6 is 21.4 Å². The zero-order valence-corrected chi connectivity index (χ0v) is 12.7. The Kier molecular flexibility index (Phi) is 7.81. The quantitative estimate of drug-likeness (QED) is 0.846. The van der Waals surface area contributed by atoms with Crippen molar-refractivity contribution in [3.8, 4) is 0 Å². The van der Waals surface area contributed by atoms with Gasteiger partial charge < -0.3 is 0 Å². The molecule has 18 heavy (non-hydrogen) atoms. The summed E-state index contributed by atoms with van der Waals surface area (Å²) in [5.74, 6) is 0. The molecule has 0 saturated heterocycles. The number of halogens is 2.